The number of aliphatic imine (C=N–C) groups is 1. The van der Waals surface area contributed by atoms with Crippen LogP contribution in [0.5, 0.6) is 5.75 Å². The molecule has 2 rings (SSSR count). The fraction of sp³-hybridized carbons (Fsp3) is 0.556. The van der Waals surface area contributed by atoms with E-state index in [4.69, 9.17) is 4.74 Å². The van der Waals surface area contributed by atoms with Crippen molar-refractivity contribution in [3.63, 3.8) is 0 Å². The first-order valence-electron chi connectivity index (χ1n) is 8.98. The number of likely N-dealkylation sites (tertiary alicyclic amines) is 1. The van der Waals surface area contributed by atoms with Crippen molar-refractivity contribution < 1.29 is 18.3 Å². The van der Waals surface area contributed by atoms with Crippen molar-refractivity contribution in [1.82, 2.24) is 15.5 Å². The van der Waals surface area contributed by atoms with Crippen LogP contribution < -0.4 is 15.4 Å². The zero-order valence-electron chi connectivity index (χ0n) is 15.5. The molecule has 1 fully saturated rings. The van der Waals surface area contributed by atoms with Gasteiger partial charge in [-0.05, 0) is 31.9 Å². The first kappa shape index (κ1) is 23.4. The molecule has 1 aromatic carbocycles. The highest BCUT2D eigenvalue weighted by molar-refractivity contribution is 14.0. The molecule has 0 bridgehead atoms. The van der Waals surface area contributed by atoms with Gasteiger partial charge in [-0.3, -0.25) is 9.79 Å². The molecule has 0 radical (unpaired) electrons. The molecule has 6 nitrogen and oxygen atoms in total. The normalized spacial score (nSPS) is 14.1. The van der Waals surface area contributed by atoms with Gasteiger partial charge in [-0.1, -0.05) is 0 Å². The maximum atomic E-state index is 13.1. The van der Waals surface area contributed by atoms with E-state index in [-0.39, 0.29) is 42.2 Å². The topological polar surface area (TPSA) is 66.0 Å². The zero-order valence-corrected chi connectivity index (χ0v) is 17.8. The molecule has 0 spiro atoms. The number of hydrogen-bond acceptors (Lipinski definition) is 3. The van der Waals surface area contributed by atoms with Crippen LogP contribution in [0.3, 0.4) is 0 Å². The van der Waals surface area contributed by atoms with Crippen molar-refractivity contribution in [3.8, 4) is 5.75 Å². The third-order valence-corrected chi connectivity index (χ3v) is 3.93. The molecule has 0 aromatic heterocycles. The molecule has 27 heavy (non-hydrogen) atoms. The number of carbonyl (C=O) groups excluding carboxylic acids is 1. The van der Waals surface area contributed by atoms with E-state index in [1.807, 2.05) is 11.8 Å². The van der Waals surface area contributed by atoms with Gasteiger partial charge in [0.05, 0.1) is 6.54 Å². The molecule has 1 saturated heterocycles. The molecule has 9 heteroatoms. The number of amides is 1. The summed E-state index contributed by atoms with van der Waals surface area (Å²) in [6.07, 6.45) is 2.42. The molecule has 0 saturated carbocycles. The van der Waals surface area contributed by atoms with Gasteiger partial charge in [-0.15, -0.1) is 24.0 Å². The van der Waals surface area contributed by atoms with Gasteiger partial charge in [0.1, 0.15) is 12.4 Å². The van der Waals surface area contributed by atoms with Crippen LogP contribution in [0.25, 0.3) is 0 Å². The molecule has 152 valence electrons. The Kier molecular flexibility index (Phi) is 11.0. The van der Waals surface area contributed by atoms with Crippen LogP contribution >= 0.6 is 24.0 Å². The summed E-state index contributed by atoms with van der Waals surface area (Å²) in [6.45, 7) is 5.65. The van der Waals surface area contributed by atoms with Gasteiger partial charge < -0.3 is 20.3 Å². The maximum absolute atomic E-state index is 13.1. The Morgan fingerprint density at radius 3 is 2.78 bits per heavy atom. The predicted octanol–water partition coefficient (Wildman–Crippen LogP) is 2.53. The number of benzene rings is 1. The summed E-state index contributed by atoms with van der Waals surface area (Å²) in [4.78, 5) is 17.9. The molecular formula is C18H27F2IN4O2. The number of guanidine groups is 1. The monoisotopic (exact) mass is 496 g/mol. The van der Waals surface area contributed by atoms with Gasteiger partial charge in [0.2, 0.25) is 5.91 Å². The minimum absolute atomic E-state index is 0. The van der Waals surface area contributed by atoms with Crippen LogP contribution in [-0.2, 0) is 4.79 Å². The molecule has 1 heterocycles. The molecule has 1 aliphatic rings. The Morgan fingerprint density at radius 1 is 1.30 bits per heavy atom. The number of carbonyl (C=O) groups is 1. The number of hydrogen-bond donors (Lipinski definition) is 2. The van der Waals surface area contributed by atoms with E-state index < -0.39 is 11.6 Å². The van der Waals surface area contributed by atoms with E-state index >= 15 is 0 Å². The first-order valence-corrected chi connectivity index (χ1v) is 8.98. The lowest BCUT2D eigenvalue weighted by Gasteiger charge is -2.15. The van der Waals surface area contributed by atoms with E-state index in [2.05, 4.69) is 15.6 Å². The Labute approximate surface area is 175 Å². The van der Waals surface area contributed by atoms with Gasteiger partial charge >= 0.3 is 0 Å². The number of halogens is 3. The van der Waals surface area contributed by atoms with Crippen LogP contribution in [0.2, 0.25) is 0 Å². The maximum Gasteiger partial charge on any atom is 0.222 e. The smallest absolute Gasteiger partial charge is 0.222 e. The van der Waals surface area contributed by atoms with Crippen molar-refractivity contribution in [2.45, 2.75) is 26.2 Å². The minimum atomic E-state index is -0.929. The van der Waals surface area contributed by atoms with Gasteiger partial charge in [0, 0.05) is 38.7 Å². The summed E-state index contributed by atoms with van der Waals surface area (Å²) < 4.78 is 31.3. The number of nitrogens with one attached hydrogen (secondary N) is 2. The summed E-state index contributed by atoms with van der Waals surface area (Å²) in [5.41, 5.74) is 0. The lowest BCUT2D eigenvalue weighted by Crippen LogP contribution is -2.39. The van der Waals surface area contributed by atoms with Crippen LogP contribution in [0.1, 0.15) is 26.2 Å². The second-order valence-electron chi connectivity index (χ2n) is 5.95. The quantitative estimate of drug-likeness (QED) is 0.239. The zero-order chi connectivity index (χ0) is 18.8. The fourth-order valence-electron chi connectivity index (χ4n) is 2.64. The van der Waals surface area contributed by atoms with Crippen molar-refractivity contribution in [3.05, 3.63) is 29.8 Å². The van der Waals surface area contributed by atoms with Gasteiger partial charge in [0.25, 0.3) is 0 Å². The van der Waals surface area contributed by atoms with E-state index in [0.717, 1.165) is 44.6 Å². The summed E-state index contributed by atoms with van der Waals surface area (Å²) in [7, 11) is 0. The number of rotatable bonds is 9. The highest BCUT2D eigenvalue weighted by Crippen LogP contribution is 2.15. The summed E-state index contributed by atoms with van der Waals surface area (Å²) in [6, 6.07) is 3.44. The summed E-state index contributed by atoms with van der Waals surface area (Å²) in [5, 5.41) is 6.25. The first-order chi connectivity index (χ1) is 12.6. The van der Waals surface area contributed by atoms with Crippen LogP contribution in [0.15, 0.2) is 23.2 Å². The lowest BCUT2D eigenvalue weighted by molar-refractivity contribution is -0.127. The summed E-state index contributed by atoms with van der Waals surface area (Å²) >= 11 is 0. The number of nitrogens with zero attached hydrogens (tertiary/aromatic N) is 2. The van der Waals surface area contributed by atoms with Crippen molar-refractivity contribution in [2.24, 2.45) is 4.99 Å². The predicted molar refractivity (Wildman–Crippen MR) is 112 cm³/mol. The van der Waals surface area contributed by atoms with Crippen molar-refractivity contribution in [2.75, 3.05) is 39.3 Å². The van der Waals surface area contributed by atoms with E-state index in [0.29, 0.717) is 25.5 Å². The Morgan fingerprint density at radius 2 is 2.11 bits per heavy atom. The molecule has 0 unspecified atom stereocenters. The highest BCUT2D eigenvalue weighted by atomic mass is 127. The van der Waals surface area contributed by atoms with Crippen molar-refractivity contribution >= 4 is 35.8 Å². The second kappa shape index (κ2) is 12.7. The SMILES string of the molecule is CCNC(=NCCCN1CCCC1=O)NCCOc1ccc(F)c(F)c1.I. The molecular weight excluding hydrogens is 469 g/mol. The molecule has 1 aromatic rings. The molecule has 2 N–H and O–H groups in total. The molecule has 0 atom stereocenters. The van der Waals surface area contributed by atoms with Crippen LogP contribution in [0.4, 0.5) is 8.78 Å². The minimum Gasteiger partial charge on any atom is -0.492 e. The van der Waals surface area contributed by atoms with E-state index in [1.54, 1.807) is 0 Å². The van der Waals surface area contributed by atoms with Crippen LogP contribution in [-0.4, -0.2) is 56.1 Å². The Hall–Kier alpha value is -1.65. The largest absolute Gasteiger partial charge is 0.492 e. The van der Waals surface area contributed by atoms with Gasteiger partial charge in [0.15, 0.2) is 17.6 Å². The Balaban J connectivity index is 0.00000364. The average Bonchev–Trinajstić information content (AvgIpc) is 3.03. The van der Waals surface area contributed by atoms with Crippen LogP contribution in [0, 0.1) is 11.6 Å². The molecule has 1 aliphatic heterocycles. The van der Waals surface area contributed by atoms with E-state index in [1.165, 1.54) is 6.07 Å². The van der Waals surface area contributed by atoms with E-state index in [9.17, 15) is 13.6 Å². The standard InChI is InChI=1S/C18H26F2N4O2.HI/c1-2-21-18(22-8-4-11-24-10-3-5-17(24)25)23-9-12-26-14-6-7-15(19)16(20)13-14;/h6-7,13H,2-5,8-12H2,1H3,(H2,21,22,23);1H. The lowest BCUT2D eigenvalue weighted by atomic mass is 10.3. The number of ether oxygens (including phenoxy) is 1. The fourth-order valence-corrected chi connectivity index (χ4v) is 2.64. The van der Waals surface area contributed by atoms with Gasteiger partial charge in [-0.2, -0.15) is 0 Å². The molecule has 0 aliphatic carbocycles. The molecule has 1 amide bonds. The third kappa shape index (κ3) is 8.27. The van der Waals surface area contributed by atoms with Crippen molar-refractivity contribution in [1.29, 1.82) is 0 Å². The summed E-state index contributed by atoms with van der Waals surface area (Å²) in [5.74, 6) is -0.653. The van der Waals surface area contributed by atoms with Gasteiger partial charge in [-0.25, -0.2) is 8.78 Å². The highest BCUT2D eigenvalue weighted by Gasteiger charge is 2.18. The average molecular weight is 496 g/mol. The Bertz CT molecular complexity index is 631. The second-order valence-corrected chi connectivity index (χ2v) is 5.95. The third-order valence-electron chi connectivity index (χ3n) is 3.93.